The maximum atomic E-state index is 6.04. The van der Waals surface area contributed by atoms with Crippen LogP contribution in [0.3, 0.4) is 0 Å². The van der Waals surface area contributed by atoms with E-state index in [0.717, 1.165) is 28.9 Å². The fraction of sp³-hybridized carbons (Fsp3) is 0.500. The van der Waals surface area contributed by atoms with Gasteiger partial charge in [-0.15, -0.1) is 0 Å². The summed E-state index contributed by atoms with van der Waals surface area (Å²) in [4.78, 5) is 2.39. The molecule has 0 amide bonds. The molecule has 0 spiro atoms. The highest BCUT2D eigenvalue weighted by Gasteiger charge is 2.27. The van der Waals surface area contributed by atoms with Gasteiger partial charge in [-0.1, -0.05) is 15.9 Å². The second-order valence-corrected chi connectivity index (χ2v) is 7.45. The molecule has 2 N–H and O–H groups in total. The van der Waals surface area contributed by atoms with E-state index in [-0.39, 0.29) is 0 Å². The maximum absolute atomic E-state index is 6.04. The van der Waals surface area contributed by atoms with Gasteiger partial charge in [-0.3, -0.25) is 0 Å². The summed E-state index contributed by atoms with van der Waals surface area (Å²) in [5.74, 6) is 1.17. The van der Waals surface area contributed by atoms with Crippen LogP contribution in [0.15, 0.2) is 22.7 Å². The molecule has 0 atom stereocenters. The van der Waals surface area contributed by atoms with E-state index >= 15 is 0 Å². The van der Waals surface area contributed by atoms with Gasteiger partial charge in [0, 0.05) is 28.1 Å². The molecule has 1 fully saturated rings. The molecule has 1 aromatic rings. The number of anilines is 2. The van der Waals surface area contributed by atoms with Crippen molar-refractivity contribution in [2.24, 2.45) is 0 Å². The number of nitrogen functional groups attached to an aromatic ring is 1. The third-order valence-electron chi connectivity index (χ3n) is 2.76. The molecule has 88 valence electrons. The Bertz CT molecular complexity index is 393. The van der Waals surface area contributed by atoms with Gasteiger partial charge in [-0.2, -0.15) is 11.8 Å². The number of thioether (sulfide) groups is 1. The van der Waals surface area contributed by atoms with Gasteiger partial charge in [0.15, 0.2) is 0 Å². The van der Waals surface area contributed by atoms with E-state index in [4.69, 9.17) is 5.73 Å². The van der Waals surface area contributed by atoms with Crippen molar-refractivity contribution in [3.8, 4) is 0 Å². The number of halogens is 1. The zero-order valence-corrected chi connectivity index (χ0v) is 12.1. The minimum atomic E-state index is 0.313. The molecule has 4 heteroatoms. The summed E-state index contributed by atoms with van der Waals surface area (Å²) in [7, 11) is 0. The molecule has 2 nitrogen and oxygen atoms in total. The normalized spacial score (nSPS) is 19.8. The Kier molecular flexibility index (Phi) is 3.40. The summed E-state index contributed by atoms with van der Waals surface area (Å²) in [6, 6.07) is 6.07. The van der Waals surface area contributed by atoms with Crippen molar-refractivity contribution < 1.29 is 0 Å². The molecule has 0 saturated carbocycles. The van der Waals surface area contributed by atoms with Crippen LogP contribution in [0.4, 0.5) is 11.4 Å². The summed E-state index contributed by atoms with van der Waals surface area (Å²) in [6.45, 7) is 6.71. The smallest absolute Gasteiger partial charge is 0.0611 e. The fourth-order valence-electron chi connectivity index (χ4n) is 2.01. The van der Waals surface area contributed by atoms with E-state index in [9.17, 15) is 0 Å². The zero-order valence-electron chi connectivity index (χ0n) is 9.66. The first-order chi connectivity index (χ1) is 7.48. The Morgan fingerprint density at radius 3 is 2.88 bits per heavy atom. The quantitative estimate of drug-likeness (QED) is 0.807. The lowest BCUT2D eigenvalue weighted by Crippen LogP contribution is -2.43. The second-order valence-electron chi connectivity index (χ2n) is 4.73. The first kappa shape index (κ1) is 12.1. The Hall–Kier alpha value is -0.350. The van der Waals surface area contributed by atoms with Crippen LogP contribution in [0.25, 0.3) is 0 Å². The monoisotopic (exact) mass is 300 g/mol. The summed E-state index contributed by atoms with van der Waals surface area (Å²) in [5, 5.41) is 0. The van der Waals surface area contributed by atoms with Crippen LogP contribution in [0, 0.1) is 0 Å². The Labute approximate surface area is 110 Å². The molecule has 0 radical (unpaired) electrons. The number of nitrogens with zero attached hydrogens (tertiary/aromatic N) is 1. The van der Waals surface area contributed by atoms with Crippen LogP contribution in [0.5, 0.6) is 0 Å². The number of hydrogen-bond acceptors (Lipinski definition) is 3. The van der Waals surface area contributed by atoms with Gasteiger partial charge < -0.3 is 10.6 Å². The molecule has 0 unspecified atom stereocenters. The molecule has 0 bridgehead atoms. The standard InChI is InChI=1S/C12H17BrN2S/c1-12(2)8-15(5-6-16-12)11-7-9(13)3-4-10(11)14/h3-4,7H,5-6,8,14H2,1-2H3. The predicted octanol–water partition coefficient (Wildman–Crippen LogP) is 3.36. The van der Waals surface area contributed by atoms with Crippen LogP contribution in [-0.2, 0) is 0 Å². The molecule has 1 aliphatic heterocycles. The van der Waals surface area contributed by atoms with Gasteiger partial charge in [0.05, 0.1) is 11.4 Å². The zero-order chi connectivity index (χ0) is 11.8. The van der Waals surface area contributed by atoms with Crippen molar-refractivity contribution >= 4 is 39.1 Å². The highest BCUT2D eigenvalue weighted by atomic mass is 79.9. The highest BCUT2D eigenvalue weighted by molar-refractivity contribution is 9.10. The molecular formula is C12H17BrN2S. The first-order valence-electron chi connectivity index (χ1n) is 5.42. The van der Waals surface area contributed by atoms with Crippen LogP contribution in [0.1, 0.15) is 13.8 Å². The summed E-state index contributed by atoms with van der Waals surface area (Å²) >= 11 is 5.54. The topological polar surface area (TPSA) is 29.3 Å². The van der Waals surface area contributed by atoms with Gasteiger partial charge in [0.25, 0.3) is 0 Å². The number of nitrogens with two attached hydrogens (primary N) is 1. The van der Waals surface area contributed by atoms with Crippen molar-refractivity contribution in [1.82, 2.24) is 0 Å². The van der Waals surface area contributed by atoms with Crippen LogP contribution in [-0.4, -0.2) is 23.6 Å². The van der Waals surface area contributed by atoms with Crippen molar-refractivity contribution in [1.29, 1.82) is 0 Å². The van der Waals surface area contributed by atoms with Crippen molar-refractivity contribution in [2.45, 2.75) is 18.6 Å². The second kappa shape index (κ2) is 4.49. The molecular weight excluding hydrogens is 284 g/mol. The Balaban J connectivity index is 2.26. The van der Waals surface area contributed by atoms with Gasteiger partial charge in [-0.05, 0) is 32.0 Å². The van der Waals surface area contributed by atoms with E-state index in [1.54, 1.807) is 0 Å². The summed E-state index contributed by atoms with van der Waals surface area (Å²) in [5.41, 5.74) is 8.06. The Morgan fingerprint density at radius 2 is 2.19 bits per heavy atom. The minimum Gasteiger partial charge on any atom is -0.397 e. The molecule has 1 heterocycles. The van der Waals surface area contributed by atoms with E-state index in [1.165, 1.54) is 5.75 Å². The van der Waals surface area contributed by atoms with E-state index in [1.807, 2.05) is 23.9 Å². The maximum Gasteiger partial charge on any atom is 0.0611 e. The lowest BCUT2D eigenvalue weighted by molar-refractivity contribution is 0.648. The molecule has 1 aliphatic rings. The summed E-state index contributed by atoms with van der Waals surface area (Å²) in [6.07, 6.45) is 0. The molecule has 0 aliphatic carbocycles. The molecule has 1 saturated heterocycles. The van der Waals surface area contributed by atoms with Crippen LogP contribution < -0.4 is 10.6 Å². The van der Waals surface area contributed by atoms with Gasteiger partial charge in [0.1, 0.15) is 0 Å². The van der Waals surface area contributed by atoms with Crippen LogP contribution in [0.2, 0.25) is 0 Å². The molecule has 2 rings (SSSR count). The third kappa shape index (κ3) is 2.66. The Morgan fingerprint density at radius 1 is 1.44 bits per heavy atom. The lowest BCUT2D eigenvalue weighted by Gasteiger charge is -2.39. The van der Waals surface area contributed by atoms with Gasteiger partial charge in [-0.25, -0.2) is 0 Å². The van der Waals surface area contributed by atoms with Crippen molar-refractivity contribution in [2.75, 3.05) is 29.5 Å². The number of hydrogen-bond donors (Lipinski definition) is 1. The third-order valence-corrected chi connectivity index (χ3v) is 4.55. The average Bonchev–Trinajstić information content (AvgIpc) is 2.20. The van der Waals surface area contributed by atoms with Gasteiger partial charge >= 0.3 is 0 Å². The van der Waals surface area contributed by atoms with Gasteiger partial charge in [0.2, 0.25) is 0 Å². The predicted molar refractivity (Wildman–Crippen MR) is 77.3 cm³/mol. The number of benzene rings is 1. The number of rotatable bonds is 1. The lowest BCUT2D eigenvalue weighted by atomic mass is 10.1. The average molecular weight is 301 g/mol. The first-order valence-corrected chi connectivity index (χ1v) is 7.20. The molecule has 0 aromatic heterocycles. The highest BCUT2D eigenvalue weighted by Crippen LogP contribution is 2.35. The minimum absolute atomic E-state index is 0.313. The largest absolute Gasteiger partial charge is 0.397 e. The van der Waals surface area contributed by atoms with E-state index in [0.29, 0.717) is 4.75 Å². The van der Waals surface area contributed by atoms with Crippen LogP contribution >= 0.6 is 27.7 Å². The fourth-order valence-corrected chi connectivity index (χ4v) is 3.47. The molecule has 16 heavy (non-hydrogen) atoms. The van der Waals surface area contributed by atoms with E-state index < -0.39 is 0 Å². The molecule has 1 aromatic carbocycles. The summed E-state index contributed by atoms with van der Waals surface area (Å²) < 4.78 is 1.40. The van der Waals surface area contributed by atoms with E-state index in [2.05, 4.69) is 40.7 Å². The van der Waals surface area contributed by atoms with Crippen molar-refractivity contribution in [3.05, 3.63) is 22.7 Å². The SMILES string of the molecule is CC1(C)CN(c2cc(Br)ccc2N)CCS1. The van der Waals surface area contributed by atoms with Crippen molar-refractivity contribution in [3.63, 3.8) is 0 Å².